The molecule has 8 nitrogen and oxygen atoms in total. The van der Waals surface area contributed by atoms with Crippen molar-refractivity contribution in [3.05, 3.63) is 69.9 Å². The monoisotopic (exact) mass is 497 g/mol. The smallest absolute Gasteiger partial charge is 0.270 e. The van der Waals surface area contributed by atoms with E-state index in [0.717, 1.165) is 6.42 Å². The third-order valence-corrected chi connectivity index (χ3v) is 6.29. The van der Waals surface area contributed by atoms with Gasteiger partial charge < -0.3 is 14.8 Å². The summed E-state index contributed by atoms with van der Waals surface area (Å²) in [6, 6.07) is 10.3. The third kappa shape index (κ3) is 5.83. The van der Waals surface area contributed by atoms with Crippen LogP contribution in [-0.2, 0) is 11.3 Å². The number of Topliss-reactive ketones (excluding diaryl/α,β-unsaturated/α-hetero) is 1. The molecule has 0 radical (unpaired) electrons. The highest BCUT2D eigenvalue weighted by atomic mass is 32.1. The summed E-state index contributed by atoms with van der Waals surface area (Å²) in [4.78, 5) is 43.6. The molecule has 35 heavy (non-hydrogen) atoms. The van der Waals surface area contributed by atoms with E-state index in [2.05, 4.69) is 10.3 Å². The van der Waals surface area contributed by atoms with Crippen molar-refractivity contribution in [1.29, 1.82) is 0 Å². The van der Waals surface area contributed by atoms with Gasteiger partial charge in [-0.3, -0.25) is 19.3 Å². The van der Waals surface area contributed by atoms with Crippen LogP contribution < -0.4 is 19.7 Å². The van der Waals surface area contributed by atoms with Crippen molar-refractivity contribution in [1.82, 2.24) is 10.3 Å². The highest BCUT2D eigenvalue weighted by Crippen LogP contribution is 2.34. The molecular weight excluding hydrogens is 473 g/mol. The third-order valence-electron chi connectivity index (χ3n) is 5.46. The summed E-state index contributed by atoms with van der Waals surface area (Å²) in [6.07, 6.45) is 0.802. The molecule has 0 spiro atoms. The minimum atomic E-state index is -0.460. The molecule has 0 saturated carbocycles. The summed E-state index contributed by atoms with van der Waals surface area (Å²) in [6.45, 7) is 3.59. The number of carbonyl (C=O) groups excluding carboxylic acids is 3. The lowest BCUT2D eigenvalue weighted by Crippen LogP contribution is -2.38. The first-order chi connectivity index (χ1) is 16.8. The highest BCUT2D eigenvalue weighted by molar-refractivity contribution is 7.09. The number of benzene rings is 2. The molecule has 1 atom stereocenters. The molecule has 1 aromatic heterocycles. The van der Waals surface area contributed by atoms with Gasteiger partial charge in [-0.05, 0) is 43.7 Å². The second-order valence-electron chi connectivity index (χ2n) is 8.03. The second-order valence-corrected chi connectivity index (χ2v) is 8.97. The van der Waals surface area contributed by atoms with Crippen LogP contribution >= 0.6 is 11.3 Å². The van der Waals surface area contributed by atoms with Crippen LogP contribution in [0.1, 0.15) is 46.1 Å². The summed E-state index contributed by atoms with van der Waals surface area (Å²) in [7, 11) is 0. The number of ether oxygens (including phenoxy) is 2. The Morgan fingerprint density at radius 3 is 2.89 bits per heavy atom. The second kappa shape index (κ2) is 10.6. The number of rotatable bonds is 9. The van der Waals surface area contributed by atoms with Crippen LogP contribution in [0, 0.1) is 5.82 Å². The lowest BCUT2D eigenvalue weighted by molar-refractivity contribution is -0.121. The fraction of sp³-hybridized carbons (Fsp3) is 0.280. The number of nitrogens with zero attached hydrogens (tertiary/aromatic N) is 2. The van der Waals surface area contributed by atoms with Crippen LogP contribution in [0.15, 0.2) is 47.8 Å². The van der Waals surface area contributed by atoms with Crippen molar-refractivity contribution < 1.29 is 28.2 Å². The van der Waals surface area contributed by atoms with Gasteiger partial charge in [-0.15, -0.1) is 11.3 Å². The lowest BCUT2D eigenvalue weighted by atomic mass is 10.1. The number of aromatic nitrogens is 1. The van der Waals surface area contributed by atoms with Gasteiger partial charge in [0.2, 0.25) is 0 Å². The first kappa shape index (κ1) is 24.3. The largest absolute Gasteiger partial charge is 0.485 e. The number of anilines is 1. The van der Waals surface area contributed by atoms with Crippen LogP contribution in [0.5, 0.6) is 11.5 Å². The molecule has 1 N–H and O–H groups in total. The lowest BCUT2D eigenvalue weighted by Gasteiger charge is -2.29. The molecule has 0 bridgehead atoms. The first-order valence-electron chi connectivity index (χ1n) is 11.1. The molecule has 0 aliphatic carbocycles. The maximum Gasteiger partial charge on any atom is 0.270 e. The van der Waals surface area contributed by atoms with Crippen molar-refractivity contribution in [3.8, 4) is 11.5 Å². The van der Waals surface area contributed by atoms with E-state index in [9.17, 15) is 18.8 Å². The van der Waals surface area contributed by atoms with Gasteiger partial charge in [0.25, 0.3) is 11.8 Å². The molecular formula is C25H24FN3O5S. The zero-order valence-corrected chi connectivity index (χ0v) is 20.1. The average Bonchev–Trinajstić information content (AvgIpc) is 3.33. The van der Waals surface area contributed by atoms with E-state index in [0.29, 0.717) is 27.7 Å². The van der Waals surface area contributed by atoms with Gasteiger partial charge in [0.05, 0.1) is 12.2 Å². The number of nitrogens with one attached hydrogen (secondary N) is 1. The molecule has 2 amide bonds. The van der Waals surface area contributed by atoms with Gasteiger partial charge >= 0.3 is 0 Å². The van der Waals surface area contributed by atoms with E-state index in [1.165, 1.54) is 34.4 Å². The quantitative estimate of drug-likeness (QED) is 0.449. The molecule has 10 heteroatoms. The fourth-order valence-electron chi connectivity index (χ4n) is 3.36. The Morgan fingerprint density at radius 2 is 2.11 bits per heavy atom. The number of fused-ring (bicyclic) bond motifs is 1. The van der Waals surface area contributed by atoms with E-state index in [1.54, 1.807) is 29.6 Å². The van der Waals surface area contributed by atoms with Crippen molar-refractivity contribution in [3.63, 3.8) is 0 Å². The minimum absolute atomic E-state index is 0.0289. The topological polar surface area (TPSA) is 97.8 Å². The Hall–Kier alpha value is -3.79. The van der Waals surface area contributed by atoms with Gasteiger partial charge in [-0.1, -0.05) is 13.0 Å². The van der Waals surface area contributed by atoms with E-state index in [1.807, 2.05) is 13.8 Å². The predicted octanol–water partition coefficient (Wildman–Crippen LogP) is 4.00. The Morgan fingerprint density at radius 1 is 1.29 bits per heavy atom. The zero-order valence-electron chi connectivity index (χ0n) is 19.2. The Labute approximate surface area is 205 Å². The van der Waals surface area contributed by atoms with Crippen molar-refractivity contribution in [2.45, 2.75) is 32.9 Å². The summed E-state index contributed by atoms with van der Waals surface area (Å²) in [5, 5.41) is 5.10. The van der Waals surface area contributed by atoms with Crippen LogP contribution in [0.4, 0.5) is 10.1 Å². The Balaban J connectivity index is 1.49. The van der Waals surface area contributed by atoms with Crippen LogP contribution in [-0.4, -0.2) is 41.8 Å². The van der Waals surface area contributed by atoms with Gasteiger partial charge in [0, 0.05) is 23.1 Å². The molecule has 0 saturated heterocycles. The van der Waals surface area contributed by atoms with Crippen molar-refractivity contribution in [2.75, 3.05) is 18.1 Å². The van der Waals surface area contributed by atoms with Crippen LogP contribution in [0.25, 0.3) is 0 Å². The number of halogens is 1. The van der Waals surface area contributed by atoms with Gasteiger partial charge in [-0.25, -0.2) is 9.37 Å². The molecule has 3 aromatic rings. The summed E-state index contributed by atoms with van der Waals surface area (Å²) >= 11 is 1.28. The average molecular weight is 498 g/mol. The molecule has 0 fully saturated rings. The number of amides is 2. The summed E-state index contributed by atoms with van der Waals surface area (Å²) < 4.78 is 24.3. The minimum Gasteiger partial charge on any atom is -0.485 e. The van der Waals surface area contributed by atoms with Gasteiger partial charge in [0.1, 0.15) is 28.0 Å². The number of thiazole rings is 1. The Kier molecular flexibility index (Phi) is 7.40. The van der Waals surface area contributed by atoms with Gasteiger partial charge in [-0.2, -0.15) is 0 Å². The normalized spacial score (nSPS) is 13.6. The van der Waals surface area contributed by atoms with E-state index in [-0.39, 0.29) is 49.1 Å². The molecule has 182 valence electrons. The molecule has 1 aliphatic heterocycles. The van der Waals surface area contributed by atoms with Crippen LogP contribution in [0.3, 0.4) is 0 Å². The van der Waals surface area contributed by atoms with E-state index < -0.39 is 5.82 Å². The molecule has 2 heterocycles. The van der Waals surface area contributed by atoms with Crippen LogP contribution in [0.2, 0.25) is 0 Å². The zero-order chi connectivity index (χ0) is 24.9. The number of carbonyl (C=O) groups is 3. The summed E-state index contributed by atoms with van der Waals surface area (Å²) in [5.41, 5.74) is 1.04. The SMILES string of the molecule is CCC(C)NC(=O)c1csc(CN2C(=O)COc3ccc(C(=O)COc4cccc(F)c4)cc32)n1. The predicted molar refractivity (Wildman–Crippen MR) is 129 cm³/mol. The number of hydrogen-bond acceptors (Lipinski definition) is 7. The standard InChI is InChI=1S/C25H24FN3O5S/c1-3-15(2)27-25(32)19-14-35-23(28-19)11-29-20-9-16(7-8-22(20)34-13-24(29)31)21(30)12-33-18-6-4-5-17(26)10-18/h4-10,14-15H,3,11-13H2,1-2H3,(H,27,32). The molecule has 2 aromatic carbocycles. The Bertz CT molecular complexity index is 1260. The first-order valence-corrected chi connectivity index (χ1v) is 12.0. The van der Waals surface area contributed by atoms with Gasteiger partial charge in [0.15, 0.2) is 19.0 Å². The van der Waals surface area contributed by atoms with Crippen molar-refractivity contribution >= 4 is 34.6 Å². The number of ketones is 1. The van der Waals surface area contributed by atoms with E-state index >= 15 is 0 Å². The molecule has 1 unspecified atom stereocenters. The maximum atomic E-state index is 13.3. The van der Waals surface area contributed by atoms with Crippen molar-refractivity contribution in [2.24, 2.45) is 0 Å². The molecule has 4 rings (SSSR count). The highest BCUT2D eigenvalue weighted by Gasteiger charge is 2.28. The number of hydrogen-bond donors (Lipinski definition) is 1. The summed E-state index contributed by atoms with van der Waals surface area (Å²) in [5.74, 6) is -0.654. The maximum absolute atomic E-state index is 13.3. The molecule has 1 aliphatic rings. The fourth-order valence-corrected chi connectivity index (χ4v) is 4.12. The van der Waals surface area contributed by atoms with E-state index in [4.69, 9.17) is 9.47 Å².